The lowest BCUT2D eigenvalue weighted by Crippen LogP contribution is -2.50. The number of quaternary nitrogens is 1. The van der Waals surface area contributed by atoms with Crippen molar-refractivity contribution in [1.29, 1.82) is 0 Å². The SMILES string of the molecule is C=CCCN1CC(OC(=O)c2sccc2F)[N+]([O-])(c2ncc(Br)s2)C1. The lowest BCUT2D eigenvalue weighted by Gasteiger charge is -2.38. The van der Waals surface area contributed by atoms with Gasteiger partial charge < -0.3 is 9.94 Å². The third-order valence-corrected chi connectivity index (χ3v) is 6.23. The number of hydrogen-bond acceptors (Lipinski definition) is 7. The summed E-state index contributed by atoms with van der Waals surface area (Å²) in [4.78, 5) is 18.2. The maximum absolute atomic E-state index is 13.6. The average Bonchev–Trinajstić information content (AvgIpc) is 3.26. The van der Waals surface area contributed by atoms with Crippen LogP contribution in [0.5, 0.6) is 0 Å². The molecule has 134 valence electrons. The molecule has 0 aromatic carbocycles. The van der Waals surface area contributed by atoms with Gasteiger partial charge in [0.2, 0.25) is 0 Å². The Labute approximate surface area is 160 Å². The van der Waals surface area contributed by atoms with Crippen LogP contribution in [-0.4, -0.2) is 41.8 Å². The summed E-state index contributed by atoms with van der Waals surface area (Å²) in [6.45, 7) is 4.67. The molecule has 0 amide bonds. The number of hydrogen-bond donors (Lipinski definition) is 0. The predicted octanol–water partition coefficient (Wildman–Crippen LogP) is 3.94. The van der Waals surface area contributed by atoms with E-state index in [4.69, 9.17) is 4.74 Å². The molecule has 3 heterocycles. The molecule has 1 fully saturated rings. The minimum Gasteiger partial charge on any atom is -0.622 e. The summed E-state index contributed by atoms with van der Waals surface area (Å²) in [6.07, 6.45) is 3.01. The number of carbonyl (C=O) groups excluding carboxylic acids is 1. The summed E-state index contributed by atoms with van der Waals surface area (Å²) >= 11 is 5.44. The van der Waals surface area contributed by atoms with Gasteiger partial charge in [0.1, 0.15) is 17.4 Å². The second kappa shape index (κ2) is 7.60. The molecule has 1 saturated heterocycles. The van der Waals surface area contributed by atoms with E-state index in [0.29, 0.717) is 13.0 Å². The van der Waals surface area contributed by atoms with Crippen LogP contribution in [0, 0.1) is 11.0 Å². The first-order chi connectivity index (χ1) is 11.9. The fourth-order valence-corrected chi connectivity index (χ4v) is 4.48. The van der Waals surface area contributed by atoms with Gasteiger partial charge in [-0.15, -0.1) is 17.9 Å². The van der Waals surface area contributed by atoms with Crippen molar-refractivity contribution in [2.75, 3.05) is 19.8 Å². The smallest absolute Gasteiger partial charge is 0.355 e. The lowest BCUT2D eigenvalue weighted by atomic mass is 10.4. The Morgan fingerprint density at radius 2 is 2.48 bits per heavy atom. The Kier molecular flexibility index (Phi) is 5.66. The van der Waals surface area contributed by atoms with Gasteiger partial charge in [-0.25, -0.2) is 14.1 Å². The topological polar surface area (TPSA) is 65.5 Å². The van der Waals surface area contributed by atoms with Gasteiger partial charge in [-0.1, -0.05) is 6.08 Å². The molecule has 0 radical (unpaired) electrons. The maximum Gasteiger partial charge on any atom is 0.355 e. The first-order valence-corrected chi connectivity index (χ1v) is 9.91. The zero-order valence-corrected chi connectivity index (χ0v) is 16.3. The molecule has 25 heavy (non-hydrogen) atoms. The number of nitrogens with zero attached hydrogens (tertiary/aromatic N) is 3. The number of carbonyl (C=O) groups is 1. The fraction of sp³-hybridized carbons (Fsp3) is 0.333. The van der Waals surface area contributed by atoms with Crippen molar-refractivity contribution in [3.8, 4) is 0 Å². The van der Waals surface area contributed by atoms with Crippen molar-refractivity contribution in [1.82, 2.24) is 14.5 Å². The van der Waals surface area contributed by atoms with Crippen LogP contribution in [0.25, 0.3) is 0 Å². The van der Waals surface area contributed by atoms with Crippen molar-refractivity contribution in [2.45, 2.75) is 12.6 Å². The van der Waals surface area contributed by atoms with Crippen LogP contribution >= 0.6 is 38.6 Å². The number of ether oxygens (including phenoxy) is 1. The number of aromatic nitrogens is 1. The van der Waals surface area contributed by atoms with E-state index in [1.54, 1.807) is 12.3 Å². The largest absolute Gasteiger partial charge is 0.622 e. The van der Waals surface area contributed by atoms with Crippen LogP contribution in [0.2, 0.25) is 0 Å². The molecule has 2 unspecified atom stereocenters. The molecular weight excluding hydrogens is 433 g/mol. The van der Waals surface area contributed by atoms with Gasteiger partial charge in [0.05, 0.1) is 16.5 Å². The molecule has 3 rings (SSSR count). The third kappa shape index (κ3) is 3.83. The molecule has 0 aliphatic carbocycles. The van der Waals surface area contributed by atoms with Gasteiger partial charge in [-0.3, -0.25) is 4.65 Å². The molecule has 1 aliphatic heterocycles. The van der Waals surface area contributed by atoms with E-state index in [2.05, 4.69) is 27.5 Å². The first-order valence-electron chi connectivity index (χ1n) is 7.42. The zero-order chi connectivity index (χ0) is 18.0. The molecule has 0 spiro atoms. The van der Waals surface area contributed by atoms with Gasteiger partial charge in [0.15, 0.2) is 0 Å². The number of thiazole rings is 1. The fourth-order valence-electron chi connectivity index (χ4n) is 2.58. The normalized spacial score (nSPS) is 23.7. The van der Waals surface area contributed by atoms with Crippen molar-refractivity contribution in [3.63, 3.8) is 0 Å². The van der Waals surface area contributed by atoms with Gasteiger partial charge in [-0.2, -0.15) is 4.98 Å². The van der Waals surface area contributed by atoms with Crippen LogP contribution in [-0.2, 0) is 4.74 Å². The van der Waals surface area contributed by atoms with E-state index in [9.17, 15) is 14.4 Å². The van der Waals surface area contributed by atoms with Crippen molar-refractivity contribution >= 4 is 49.7 Å². The third-order valence-electron chi connectivity index (χ3n) is 3.77. The molecule has 2 aromatic rings. The quantitative estimate of drug-likeness (QED) is 0.290. The summed E-state index contributed by atoms with van der Waals surface area (Å²) in [5.74, 6) is -1.46. The minimum absolute atomic E-state index is 0.110. The molecule has 6 nitrogen and oxygen atoms in total. The van der Waals surface area contributed by atoms with E-state index in [0.717, 1.165) is 15.1 Å². The number of halogens is 2. The first kappa shape index (κ1) is 18.6. The van der Waals surface area contributed by atoms with E-state index < -0.39 is 22.7 Å². The molecule has 0 saturated carbocycles. The molecule has 2 aromatic heterocycles. The van der Waals surface area contributed by atoms with E-state index in [1.807, 2.05) is 4.90 Å². The van der Waals surface area contributed by atoms with Crippen LogP contribution in [0.4, 0.5) is 9.52 Å². The van der Waals surface area contributed by atoms with Crippen molar-refractivity contribution in [2.24, 2.45) is 0 Å². The van der Waals surface area contributed by atoms with Crippen molar-refractivity contribution in [3.05, 3.63) is 50.0 Å². The predicted molar refractivity (Wildman–Crippen MR) is 99.7 cm³/mol. The van der Waals surface area contributed by atoms with E-state index in [-0.39, 0.29) is 23.2 Å². The van der Waals surface area contributed by atoms with Crippen LogP contribution < -0.4 is 4.65 Å². The standard InChI is InChI=1S/C15H15BrFN3O3S2/c1-2-3-5-19-8-12(23-14(21)13-10(17)4-6-24-13)20(22,9-19)15-18-7-11(16)25-15/h2,4,6-7,12H,1,3,5,8-9H2. The molecule has 2 atom stereocenters. The Morgan fingerprint density at radius 1 is 1.68 bits per heavy atom. The van der Waals surface area contributed by atoms with E-state index in [1.165, 1.54) is 22.8 Å². The molecular formula is C15H15BrFN3O3S2. The Bertz CT molecular complexity index is 784. The highest BCUT2D eigenvalue weighted by Crippen LogP contribution is 2.37. The van der Waals surface area contributed by atoms with Crippen LogP contribution in [0.3, 0.4) is 0 Å². The number of hydroxylamine groups is 2. The Balaban J connectivity index is 1.84. The summed E-state index contributed by atoms with van der Waals surface area (Å²) < 4.78 is 18.8. The highest BCUT2D eigenvalue weighted by atomic mass is 79.9. The minimum atomic E-state index is -1.00. The summed E-state index contributed by atoms with van der Waals surface area (Å²) in [6, 6.07) is 1.20. The monoisotopic (exact) mass is 447 g/mol. The zero-order valence-electron chi connectivity index (χ0n) is 13.1. The maximum atomic E-state index is 13.6. The summed E-state index contributed by atoms with van der Waals surface area (Å²) in [5, 5.41) is 15.2. The number of esters is 1. The highest BCUT2D eigenvalue weighted by molar-refractivity contribution is 9.11. The summed E-state index contributed by atoms with van der Waals surface area (Å²) in [5.41, 5.74) is 0. The molecule has 1 aliphatic rings. The molecule has 10 heteroatoms. The van der Waals surface area contributed by atoms with Gasteiger partial charge in [0.25, 0.3) is 11.4 Å². The second-order valence-electron chi connectivity index (χ2n) is 5.50. The molecule has 0 bridgehead atoms. The number of rotatable bonds is 6. The molecule has 0 N–H and O–H groups in total. The van der Waals surface area contributed by atoms with E-state index >= 15 is 0 Å². The lowest BCUT2D eigenvalue weighted by molar-refractivity contribution is 0.00574. The van der Waals surface area contributed by atoms with Crippen molar-refractivity contribution < 1.29 is 13.9 Å². The van der Waals surface area contributed by atoms with Gasteiger partial charge in [0, 0.05) is 6.54 Å². The van der Waals surface area contributed by atoms with Crippen LogP contribution in [0.15, 0.2) is 34.1 Å². The second-order valence-corrected chi connectivity index (χ2v) is 8.80. The Morgan fingerprint density at radius 3 is 3.08 bits per heavy atom. The van der Waals surface area contributed by atoms with Crippen LogP contribution in [0.1, 0.15) is 16.1 Å². The Hall–Kier alpha value is -1.17. The van der Waals surface area contributed by atoms with Gasteiger partial charge in [-0.05, 0) is 45.1 Å². The average molecular weight is 448 g/mol. The summed E-state index contributed by atoms with van der Waals surface area (Å²) in [7, 11) is 0. The highest BCUT2D eigenvalue weighted by Gasteiger charge is 2.46. The number of thiophene rings is 1. The van der Waals surface area contributed by atoms with Gasteiger partial charge >= 0.3 is 5.97 Å².